The number of carbonyl (C=O) groups excluding carboxylic acids is 1. The molecular formula is C10H18N4O2. The Balaban J connectivity index is 2.20. The molecule has 1 atom stereocenters. The third-order valence-electron chi connectivity index (χ3n) is 2.28. The van der Waals surface area contributed by atoms with Crippen molar-refractivity contribution < 1.29 is 9.32 Å². The summed E-state index contributed by atoms with van der Waals surface area (Å²) in [6, 6.07) is 0. The summed E-state index contributed by atoms with van der Waals surface area (Å²) in [5.41, 5.74) is 5.46. The van der Waals surface area contributed by atoms with Gasteiger partial charge in [0.1, 0.15) is 0 Å². The van der Waals surface area contributed by atoms with Crippen LogP contribution in [0.2, 0.25) is 0 Å². The highest BCUT2D eigenvalue weighted by Crippen LogP contribution is 2.03. The monoisotopic (exact) mass is 226 g/mol. The van der Waals surface area contributed by atoms with E-state index in [9.17, 15) is 4.79 Å². The molecule has 6 heteroatoms. The van der Waals surface area contributed by atoms with Gasteiger partial charge < -0.3 is 15.6 Å². The lowest BCUT2D eigenvalue weighted by Gasteiger charge is -2.07. The van der Waals surface area contributed by atoms with Crippen molar-refractivity contribution in [1.29, 1.82) is 0 Å². The summed E-state index contributed by atoms with van der Waals surface area (Å²) >= 11 is 0. The number of aromatic nitrogens is 2. The van der Waals surface area contributed by atoms with Crippen LogP contribution in [0.1, 0.15) is 31.5 Å². The quantitative estimate of drug-likeness (QED) is 0.730. The lowest BCUT2D eigenvalue weighted by molar-refractivity contribution is -0.121. The molecule has 6 nitrogen and oxygen atoms in total. The molecule has 1 aromatic heterocycles. The summed E-state index contributed by atoms with van der Waals surface area (Å²) in [4.78, 5) is 15.4. The average Bonchev–Trinajstić information content (AvgIpc) is 2.69. The van der Waals surface area contributed by atoms with Crippen LogP contribution < -0.4 is 11.1 Å². The zero-order valence-electron chi connectivity index (χ0n) is 9.69. The summed E-state index contributed by atoms with van der Waals surface area (Å²) < 4.78 is 4.78. The highest BCUT2D eigenvalue weighted by Gasteiger charge is 2.07. The molecule has 0 aliphatic heterocycles. The predicted molar refractivity (Wildman–Crippen MR) is 58.3 cm³/mol. The van der Waals surface area contributed by atoms with Crippen molar-refractivity contribution in [1.82, 2.24) is 15.5 Å². The van der Waals surface area contributed by atoms with E-state index in [1.807, 2.05) is 6.92 Å². The molecule has 0 fully saturated rings. The van der Waals surface area contributed by atoms with E-state index in [4.69, 9.17) is 10.3 Å². The van der Waals surface area contributed by atoms with E-state index < -0.39 is 0 Å². The van der Waals surface area contributed by atoms with E-state index in [0.717, 1.165) is 6.42 Å². The number of amides is 1. The molecule has 0 aliphatic rings. The highest BCUT2D eigenvalue weighted by molar-refractivity contribution is 5.75. The third-order valence-corrected chi connectivity index (χ3v) is 2.28. The van der Waals surface area contributed by atoms with Crippen LogP contribution in [0.5, 0.6) is 0 Å². The number of aryl methyl sites for hydroxylation is 1. The predicted octanol–water partition coefficient (Wildman–Crippen LogP) is 0.369. The first-order chi connectivity index (χ1) is 7.61. The van der Waals surface area contributed by atoms with Crippen LogP contribution >= 0.6 is 0 Å². The van der Waals surface area contributed by atoms with Gasteiger partial charge >= 0.3 is 0 Å². The van der Waals surface area contributed by atoms with E-state index in [-0.39, 0.29) is 5.91 Å². The fourth-order valence-electron chi connectivity index (χ4n) is 1.17. The molecule has 90 valence electrons. The fraction of sp³-hybridized carbons (Fsp3) is 0.700. The topological polar surface area (TPSA) is 94.0 Å². The molecule has 1 unspecified atom stereocenters. The largest absolute Gasteiger partial charge is 0.349 e. The maximum Gasteiger partial charge on any atom is 0.223 e. The Labute approximate surface area is 94.6 Å². The molecule has 16 heavy (non-hydrogen) atoms. The molecular weight excluding hydrogens is 208 g/mol. The van der Waals surface area contributed by atoms with Gasteiger partial charge in [-0.1, -0.05) is 12.1 Å². The second kappa shape index (κ2) is 6.22. The van der Waals surface area contributed by atoms with Crippen LogP contribution in [0.4, 0.5) is 0 Å². The zero-order valence-corrected chi connectivity index (χ0v) is 9.69. The molecule has 1 aromatic rings. The maximum absolute atomic E-state index is 11.4. The zero-order chi connectivity index (χ0) is 12.0. The van der Waals surface area contributed by atoms with Crippen LogP contribution in [0, 0.1) is 12.8 Å². The van der Waals surface area contributed by atoms with Crippen molar-refractivity contribution in [3.8, 4) is 0 Å². The molecule has 3 N–H and O–H groups in total. The van der Waals surface area contributed by atoms with Gasteiger partial charge in [0.25, 0.3) is 0 Å². The molecule has 0 radical (unpaired) electrons. The summed E-state index contributed by atoms with van der Waals surface area (Å²) in [5.74, 6) is 1.36. The van der Waals surface area contributed by atoms with Gasteiger partial charge in [-0.25, -0.2) is 0 Å². The molecule has 0 bridgehead atoms. The molecule has 0 aliphatic carbocycles. The third kappa shape index (κ3) is 4.39. The first-order valence-corrected chi connectivity index (χ1v) is 5.37. The van der Waals surface area contributed by atoms with E-state index in [0.29, 0.717) is 37.1 Å². The Kier molecular flexibility index (Phi) is 4.91. The van der Waals surface area contributed by atoms with Crippen LogP contribution in [0.15, 0.2) is 4.52 Å². The molecule has 0 saturated carbocycles. The smallest absolute Gasteiger partial charge is 0.223 e. The van der Waals surface area contributed by atoms with Gasteiger partial charge in [-0.05, 0) is 18.9 Å². The van der Waals surface area contributed by atoms with E-state index in [1.54, 1.807) is 6.92 Å². The van der Waals surface area contributed by atoms with Crippen molar-refractivity contribution in [2.24, 2.45) is 11.7 Å². The van der Waals surface area contributed by atoms with E-state index in [2.05, 4.69) is 15.5 Å². The number of rotatable bonds is 6. The molecule has 0 aromatic carbocycles. The molecule has 0 saturated heterocycles. The number of hydrogen-bond donors (Lipinski definition) is 2. The maximum atomic E-state index is 11.4. The minimum Gasteiger partial charge on any atom is -0.349 e. The van der Waals surface area contributed by atoms with E-state index >= 15 is 0 Å². The Morgan fingerprint density at radius 1 is 1.62 bits per heavy atom. The number of nitrogens with one attached hydrogen (secondary N) is 1. The number of nitrogens with two attached hydrogens (primary N) is 1. The van der Waals surface area contributed by atoms with Gasteiger partial charge in [-0.2, -0.15) is 4.98 Å². The minimum atomic E-state index is -0.0113. The minimum absolute atomic E-state index is 0.0113. The summed E-state index contributed by atoms with van der Waals surface area (Å²) in [6.45, 7) is 4.65. The molecule has 0 spiro atoms. The molecule has 1 rings (SSSR count). The normalized spacial score (nSPS) is 12.4. The average molecular weight is 226 g/mol. The Morgan fingerprint density at radius 2 is 2.38 bits per heavy atom. The summed E-state index contributed by atoms with van der Waals surface area (Å²) in [6.07, 6.45) is 1.28. The Hall–Kier alpha value is -1.43. The van der Waals surface area contributed by atoms with Gasteiger partial charge in [-0.3, -0.25) is 4.79 Å². The van der Waals surface area contributed by atoms with Gasteiger partial charge in [0, 0.05) is 13.3 Å². The lowest BCUT2D eigenvalue weighted by atomic mass is 10.1. The van der Waals surface area contributed by atoms with Crippen molar-refractivity contribution in [2.45, 2.75) is 33.2 Å². The van der Waals surface area contributed by atoms with Crippen LogP contribution in [0.25, 0.3) is 0 Å². The van der Waals surface area contributed by atoms with Crippen LogP contribution in [0.3, 0.4) is 0 Å². The van der Waals surface area contributed by atoms with Crippen LogP contribution in [-0.2, 0) is 11.3 Å². The first-order valence-electron chi connectivity index (χ1n) is 5.37. The molecule has 1 heterocycles. The van der Waals surface area contributed by atoms with E-state index in [1.165, 1.54) is 0 Å². The fourth-order valence-corrected chi connectivity index (χ4v) is 1.17. The highest BCUT2D eigenvalue weighted by atomic mass is 16.5. The lowest BCUT2D eigenvalue weighted by Crippen LogP contribution is -2.24. The second-order valence-corrected chi connectivity index (χ2v) is 3.89. The number of carbonyl (C=O) groups is 1. The number of nitrogens with zero attached hydrogens (tertiary/aromatic N) is 2. The Morgan fingerprint density at radius 3 is 2.94 bits per heavy atom. The standard InChI is InChI=1S/C10H18N4O2/c1-7(5-11)3-4-10(15)12-6-9-13-8(2)16-14-9/h7H,3-6,11H2,1-2H3,(H,12,15). The first kappa shape index (κ1) is 12.6. The van der Waals surface area contributed by atoms with Gasteiger partial charge in [0.05, 0.1) is 6.54 Å². The van der Waals surface area contributed by atoms with Gasteiger partial charge in [0.15, 0.2) is 5.82 Å². The SMILES string of the molecule is Cc1nc(CNC(=O)CCC(C)CN)no1. The van der Waals surface area contributed by atoms with Gasteiger partial charge in [0.2, 0.25) is 11.8 Å². The molecule has 1 amide bonds. The number of hydrogen-bond acceptors (Lipinski definition) is 5. The second-order valence-electron chi connectivity index (χ2n) is 3.89. The van der Waals surface area contributed by atoms with Crippen molar-refractivity contribution >= 4 is 5.91 Å². The van der Waals surface area contributed by atoms with Crippen LogP contribution in [-0.4, -0.2) is 22.6 Å². The summed E-state index contributed by atoms with van der Waals surface area (Å²) in [5, 5.41) is 6.41. The Bertz CT molecular complexity index is 337. The van der Waals surface area contributed by atoms with Crippen molar-refractivity contribution in [3.63, 3.8) is 0 Å². The van der Waals surface area contributed by atoms with Gasteiger partial charge in [-0.15, -0.1) is 0 Å². The van der Waals surface area contributed by atoms with Crippen molar-refractivity contribution in [3.05, 3.63) is 11.7 Å². The van der Waals surface area contributed by atoms with Crippen molar-refractivity contribution in [2.75, 3.05) is 6.54 Å². The summed E-state index contributed by atoms with van der Waals surface area (Å²) in [7, 11) is 0.